The number of nitrogens with zero attached hydrogens (tertiary/aromatic N) is 1. The number of methoxy groups -OCH3 is 1. The number of halogens is 1. The molecule has 0 radical (unpaired) electrons. The molecule has 1 atom stereocenters. The number of hydrogen-bond donors (Lipinski definition) is 2. The molecule has 0 aliphatic rings. The first-order chi connectivity index (χ1) is 8.70. The first-order valence-corrected chi connectivity index (χ1v) is 5.76. The fourth-order valence-corrected chi connectivity index (χ4v) is 1.80. The normalized spacial score (nSPS) is 12.4. The Balaban J connectivity index is 2.08. The highest BCUT2D eigenvalue weighted by Crippen LogP contribution is 2.25. The van der Waals surface area contributed by atoms with Crippen molar-refractivity contribution in [3.63, 3.8) is 0 Å². The first kappa shape index (κ1) is 12.6. The molecule has 0 saturated carbocycles. The average Bonchev–Trinajstić information content (AvgIpc) is 2.89. The van der Waals surface area contributed by atoms with Gasteiger partial charge in [-0.3, -0.25) is 0 Å². The van der Waals surface area contributed by atoms with E-state index in [1.54, 1.807) is 25.6 Å². The van der Waals surface area contributed by atoms with Crippen molar-refractivity contribution in [1.82, 2.24) is 15.3 Å². The largest absolute Gasteiger partial charge is 0.496 e. The van der Waals surface area contributed by atoms with Crippen LogP contribution in [0.1, 0.15) is 24.4 Å². The van der Waals surface area contributed by atoms with Crippen LogP contribution >= 0.6 is 0 Å². The lowest BCUT2D eigenvalue weighted by Crippen LogP contribution is -2.19. The van der Waals surface area contributed by atoms with Crippen LogP contribution in [0.5, 0.6) is 5.75 Å². The van der Waals surface area contributed by atoms with Crippen molar-refractivity contribution in [3.8, 4) is 5.75 Å². The molecule has 0 amide bonds. The fourth-order valence-electron chi connectivity index (χ4n) is 1.80. The summed E-state index contributed by atoms with van der Waals surface area (Å²) in [5.41, 5.74) is 0.795. The number of benzene rings is 1. The Hall–Kier alpha value is -1.88. The van der Waals surface area contributed by atoms with Gasteiger partial charge in [-0.2, -0.15) is 0 Å². The van der Waals surface area contributed by atoms with E-state index in [1.165, 1.54) is 12.1 Å². The van der Waals surface area contributed by atoms with Crippen molar-refractivity contribution >= 4 is 0 Å². The molecule has 4 nitrogen and oxygen atoms in total. The summed E-state index contributed by atoms with van der Waals surface area (Å²) in [6.45, 7) is 2.55. The van der Waals surface area contributed by atoms with Crippen LogP contribution < -0.4 is 10.1 Å². The molecular formula is C13H16FN3O. The Labute approximate surface area is 105 Å². The topological polar surface area (TPSA) is 49.9 Å². The SMILES string of the molecule is COc1ccc(F)cc1C(C)NCc1ncc[nH]1. The van der Waals surface area contributed by atoms with Crippen LogP contribution in [0.25, 0.3) is 0 Å². The van der Waals surface area contributed by atoms with E-state index in [9.17, 15) is 4.39 Å². The summed E-state index contributed by atoms with van der Waals surface area (Å²) in [5, 5.41) is 3.26. The highest BCUT2D eigenvalue weighted by molar-refractivity contribution is 5.36. The van der Waals surface area contributed by atoms with E-state index in [0.717, 1.165) is 11.4 Å². The number of aromatic amines is 1. The summed E-state index contributed by atoms with van der Waals surface area (Å²) in [7, 11) is 1.58. The molecule has 2 aromatic rings. The molecule has 0 aliphatic heterocycles. The number of imidazole rings is 1. The summed E-state index contributed by atoms with van der Waals surface area (Å²) in [4.78, 5) is 7.12. The Kier molecular flexibility index (Phi) is 3.94. The third kappa shape index (κ3) is 2.87. The van der Waals surface area contributed by atoms with Crippen LogP contribution in [0.3, 0.4) is 0 Å². The van der Waals surface area contributed by atoms with Crippen molar-refractivity contribution in [2.24, 2.45) is 0 Å². The molecule has 0 bridgehead atoms. The van der Waals surface area contributed by atoms with Gasteiger partial charge in [0.05, 0.1) is 13.7 Å². The molecule has 0 aliphatic carbocycles. The van der Waals surface area contributed by atoms with E-state index in [2.05, 4.69) is 15.3 Å². The number of aromatic nitrogens is 2. The summed E-state index contributed by atoms with van der Waals surface area (Å²) in [6.07, 6.45) is 3.47. The van der Waals surface area contributed by atoms with Gasteiger partial charge >= 0.3 is 0 Å². The minimum atomic E-state index is -0.266. The maximum Gasteiger partial charge on any atom is 0.123 e. The van der Waals surface area contributed by atoms with Crippen molar-refractivity contribution in [2.75, 3.05) is 7.11 Å². The lowest BCUT2D eigenvalue weighted by molar-refractivity contribution is 0.399. The Morgan fingerprint density at radius 3 is 3.00 bits per heavy atom. The predicted octanol–water partition coefficient (Wildman–Crippen LogP) is 2.41. The van der Waals surface area contributed by atoms with Gasteiger partial charge in [0, 0.05) is 24.0 Å². The molecule has 1 heterocycles. The zero-order chi connectivity index (χ0) is 13.0. The Morgan fingerprint density at radius 1 is 1.50 bits per heavy atom. The average molecular weight is 249 g/mol. The van der Waals surface area contributed by atoms with E-state index in [1.807, 2.05) is 6.92 Å². The Morgan fingerprint density at radius 2 is 2.33 bits per heavy atom. The number of ether oxygens (including phenoxy) is 1. The van der Waals surface area contributed by atoms with E-state index in [4.69, 9.17) is 4.74 Å². The summed E-state index contributed by atoms with van der Waals surface area (Å²) in [6, 6.07) is 4.48. The highest BCUT2D eigenvalue weighted by atomic mass is 19.1. The maximum absolute atomic E-state index is 13.3. The minimum Gasteiger partial charge on any atom is -0.496 e. The quantitative estimate of drug-likeness (QED) is 0.855. The Bertz CT molecular complexity index is 499. The van der Waals surface area contributed by atoms with Crippen LogP contribution in [-0.4, -0.2) is 17.1 Å². The van der Waals surface area contributed by atoms with E-state index >= 15 is 0 Å². The van der Waals surface area contributed by atoms with Gasteiger partial charge < -0.3 is 15.0 Å². The summed E-state index contributed by atoms with van der Waals surface area (Å²) >= 11 is 0. The number of nitrogens with one attached hydrogen (secondary N) is 2. The molecule has 0 spiro atoms. The van der Waals surface area contributed by atoms with Crippen LogP contribution in [-0.2, 0) is 6.54 Å². The second kappa shape index (κ2) is 5.64. The van der Waals surface area contributed by atoms with Crippen molar-refractivity contribution in [1.29, 1.82) is 0 Å². The molecule has 2 N–H and O–H groups in total. The number of H-pyrrole nitrogens is 1. The van der Waals surface area contributed by atoms with E-state index in [-0.39, 0.29) is 11.9 Å². The molecule has 1 aromatic heterocycles. The monoisotopic (exact) mass is 249 g/mol. The second-order valence-electron chi connectivity index (χ2n) is 4.02. The summed E-state index contributed by atoms with van der Waals surface area (Å²) < 4.78 is 18.5. The third-order valence-corrected chi connectivity index (χ3v) is 2.79. The molecule has 0 fully saturated rings. The van der Waals surface area contributed by atoms with Crippen molar-refractivity contribution in [3.05, 3.63) is 47.8 Å². The van der Waals surface area contributed by atoms with Crippen LogP contribution in [0.2, 0.25) is 0 Å². The highest BCUT2D eigenvalue weighted by Gasteiger charge is 2.12. The molecule has 5 heteroatoms. The van der Waals surface area contributed by atoms with Gasteiger partial charge in [0.25, 0.3) is 0 Å². The zero-order valence-corrected chi connectivity index (χ0v) is 10.4. The van der Waals surface area contributed by atoms with Gasteiger partial charge in [-0.1, -0.05) is 0 Å². The van der Waals surface area contributed by atoms with Gasteiger partial charge in [0.2, 0.25) is 0 Å². The van der Waals surface area contributed by atoms with Crippen molar-refractivity contribution in [2.45, 2.75) is 19.5 Å². The lowest BCUT2D eigenvalue weighted by atomic mass is 10.1. The van der Waals surface area contributed by atoms with Gasteiger partial charge in [0.15, 0.2) is 0 Å². The fraction of sp³-hybridized carbons (Fsp3) is 0.308. The standard InChI is InChI=1S/C13H16FN3O/c1-9(17-8-13-15-5-6-16-13)11-7-10(14)3-4-12(11)18-2/h3-7,9,17H,8H2,1-2H3,(H,15,16). The maximum atomic E-state index is 13.3. The molecule has 96 valence electrons. The van der Waals surface area contributed by atoms with E-state index in [0.29, 0.717) is 12.3 Å². The lowest BCUT2D eigenvalue weighted by Gasteiger charge is -2.16. The number of rotatable bonds is 5. The van der Waals surface area contributed by atoms with Crippen LogP contribution in [0.15, 0.2) is 30.6 Å². The van der Waals surface area contributed by atoms with Gasteiger partial charge in [-0.05, 0) is 25.1 Å². The molecule has 1 aromatic carbocycles. The van der Waals surface area contributed by atoms with Gasteiger partial charge in [-0.15, -0.1) is 0 Å². The predicted molar refractivity (Wildman–Crippen MR) is 66.8 cm³/mol. The molecule has 1 unspecified atom stereocenters. The first-order valence-electron chi connectivity index (χ1n) is 5.76. The minimum absolute atomic E-state index is 0.0271. The van der Waals surface area contributed by atoms with Gasteiger partial charge in [-0.25, -0.2) is 9.37 Å². The van der Waals surface area contributed by atoms with Crippen molar-refractivity contribution < 1.29 is 9.13 Å². The third-order valence-electron chi connectivity index (χ3n) is 2.79. The number of hydrogen-bond acceptors (Lipinski definition) is 3. The molecule has 18 heavy (non-hydrogen) atoms. The van der Waals surface area contributed by atoms with E-state index < -0.39 is 0 Å². The van der Waals surface area contributed by atoms with Gasteiger partial charge in [0.1, 0.15) is 17.4 Å². The molecular weight excluding hydrogens is 233 g/mol. The molecule has 2 rings (SSSR count). The second-order valence-corrected chi connectivity index (χ2v) is 4.02. The summed E-state index contributed by atoms with van der Waals surface area (Å²) in [5.74, 6) is 1.26. The van der Waals surface area contributed by atoms with Crippen LogP contribution in [0, 0.1) is 5.82 Å². The molecule has 0 saturated heterocycles. The zero-order valence-electron chi connectivity index (χ0n) is 10.4. The van der Waals surface area contributed by atoms with Crippen LogP contribution in [0.4, 0.5) is 4.39 Å². The smallest absolute Gasteiger partial charge is 0.123 e.